The van der Waals surface area contributed by atoms with Gasteiger partial charge in [0.15, 0.2) is 0 Å². The average molecular weight is 458 g/mol. The second kappa shape index (κ2) is 9.21. The van der Waals surface area contributed by atoms with Crippen molar-refractivity contribution in [2.45, 2.75) is 45.6 Å². The smallest absolute Gasteiger partial charge is 0.332 e. The van der Waals surface area contributed by atoms with Gasteiger partial charge in [0.2, 0.25) is 11.7 Å². The lowest BCUT2D eigenvalue weighted by Crippen LogP contribution is -2.26. The second-order valence-corrected chi connectivity index (χ2v) is 8.90. The predicted molar refractivity (Wildman–Crippen MR) is 126 cm³/mol. The van der Waals surface area contributed by atoms with Gasteiger partial charge in [-0.15, -0.1) is 10.2 Å². The Morgan fingerprint density at radius 3 is 2.53 bits per heavy atom. The molecule has 1 amide bonds. The van der Waals surface area contributed by atoms with Crippen molar-refractivity contribution in [2.24, 2.45) is 5.41 Å². The Balaban J connectivity index is 1.41. The Morgan fingerprint density at radius 1 is 1.12 bits per heavy atom. The third kappa shape index (κ3) is 4.11. The van der Waals surface area contributed by atoms with Crippen molar-refractivity contribution < 1.29 is 14.3 Å². The molecule has 1 saturated carbocycles. The van der Waals surface area contributed by atoms with Crippen LogP contribution in [-0.4, -0.2) is 44.0 Å². The first-order valence-electron chi connectivity index (χ1n) is 11.7. The molecule has 0 unspecified atom stereocenters. The van der Waals surface area contributed by atoms with Crippen molar-refractivity contribution in [2.75, 3.05) is 6.61 Å². The zero-order valence-corrected chi connectivity index (χ0v) is 19.2. The summed E-state index contributed by atoms with van der Waals surface area (Å²) >= 11 is 0. The van der Waals surface area contributed by atoms with E-state index in [2.05, 4.69) is 20.6 Å². The molecule has 2 aromatic carbocycles. The van der Waals surface area contributed by atoms with Crippen molar-refractivity contribution in [3.05, 3.63) is 65.9 Å². The van der Waals surface area contributed by atoms with Gasteiger partial charge in [-0.2, -0.15) is 5.21 Å². The molecule has 1 aliphatic carbocycles. The van der Waals surface area contributed by atoms with Crippen molar-refractivity contribution >= 4 is 11.9 Å². The van der Waals surface area contributed by atoms with Gasteiger partial charge in [-0.25, -0.2) is 4.79 Å². The fourth-order valence-electron chi connectivity index (χ4n) is 5.26. The number of esters is 1. The van der Waals surface area contributed by atoms with E-state index in [1.54, 1.807) is 17.9 Å². The van der Waals surface area contributed by atoms with Crippen LogP contribution in [0.5, 0.6) is 0 Å². The summed E-state index contributed by atoms with van der Waals surface area (Å²) in [5.41, 5.74) is 4.50. The number of nitrogens with zero attached hydrogens (tertiary/aromatic N) is 4. The minimum Gasteiger partial charge on any atom is -0.463 e. The molecule has 34 heavy (non-hydrogen) atoms. The monoisotopic (exact) mass is 457 g/mol. The highest BCUT2D eigenvalue weighted by atomic mass is 16.5. The highest BCUT2D eigenvalue weighted by Gasteiger charge is 2.49. The number of benzene rings is 2. The van der Waals surface area contributed by atoms with Crippen molar-refractivity contribution in [3.63, 3.8) is 0 Å². The predicted octanol–water partition coefficient (Wildman–Crippen LogP) is 4.27. The summed E-state index contributed by atoms with van der Waals surface area (Å²) in [6, 6.07) is 16.0. The van der Waals surface area contributed by atoms with Crippen LogP contribution in [0.15, 0.2) is 60.3 Å². The Kier molecular flexibility index (Phi) is 5.96. The summed E-state index contributed by atoms with van der Waals surface area (Å²) in [4.78, 5) is 27.2. The van der Waals surface area contributed by atoms with Crippen LogP contribution in [-0.2, 0) is 20.9 Å². The van der Waals surface area contributed by atoms with Gasteiger partial charge >= 0.3 is 5.97 Å². The largest absolute Gasteiger partial charge is 0.463 e. The number of aromatic amines is 1. The van der Waals surface area contributed by atoms with E-state index in [0.717, 1.165) is 53.6 Å². The topological polar surface area (TPSA) is 101 Å². The SMILES string of the molecule is CCOC(=O)/C=C1\N(Cc2ccc(-c3ccccc3-c3nn[nH]n3)cc2)C(=O)CC12CCCC2. The fourth-order valence-corrected chi connectivity index (χ4v) is 5.26. The molecule has 174 valence electrons. The number of nitrogens with one attached hydrogen (secondary N) is 1. The number of ether oxygens (including phenoxy) is 1. The number of carbonyl (C=O) groups is 2. The number of amides is 1. The van der Waals surface area contributed by atoms with E-state index < -0.39 is 0 Å². The van der Waals surface area contributed by atoms with Crippen molar-refractivity contribution in [3.8, 4) is 22.5 Å². The molecule has 1 aliphatic heterocycles. The number of carbonyl (C=O) groups excluding carboxylic acids is 2. The number of H-pyrrole nitrogens is 1. The van der Waals surface area contributed by atoms with Crippen LogP contribution < -0.4 is 0 Å². The van der Waals surface area contributed by atoms with Gasteiger partial charge in [0.05, 0.1) is 13.2 Å². The minimum absolute atomic E-state index is 0.0731. The summed E-state index contributed by atoms with van der Waals surface area (Å²) in [6.45, 7) is 2.53. The first-order valence-corrected chi connectivity index (χ1v) is 11.7. The van der Waals surface area contributed by atoms with Gasteiger partial charge in [0, 0.05) is 29.2 Å². The Hall–Kier alpha value is -3.81. The first-order chi connectivity index (χ1) is 16.6. The van der Waals surface area contributed by atoms with E-state index in [0.29, 0.717) is 25.4 Å². The van der Waals surface area contributed by atoms with Crippen LogP contribution in [0.4, 0.5) is 0 Å². The van der Waals surface area contributed by atoms with Gasteiger partial charge in [-0.1, -0.05) is 61.4 Å². The number of hydrogen-bond donors (Lipinski definition) is 1. The summed E-state index contributed by atoms with van der Waals surface area (Å²) in [6.07, 6.45) is 6.05. The van der Waals surface area contributed by atoms with Crippen LogP contribution >= 0.6 is 0 Å². The molecule has 0 radical (unpaired) electrons. The molecule has 8 nitrogen and oxygen atoms in total. The van der Waals surface area contributed by atoms with E-state index in [4.69, 9.17) is 4.74 Å². The fraction of sp³-hybridized carbons (Fsp3) is 0.346. The third-order valence-corrected chi connectivity index (χ3v) is 6.85. The van der Waals surface area contributed by atoms with Gasteiger partial charge < -0.3 is 9.64 Å². The zero-order valence-electron chi connectivity index (χ0n) is 19.2. The third-order valence-electron chi connectivity index (χ3n) is 6.85. The quantitative estimate of drug-likeness (QED) is 0.438. The molecule has 0 bridgehead atoms. The van der Waals surface area contributed by atoms with E-state index in [1.807, 2.05) is 48.5 Å². The Morgan fingerprint density at radius 2 is 1.85 bits per heavy atom. The molecule has 2 heterocycles. The summed E-state index contributed by atoms with van der Waals surface area (Å²) in [5, 5.41) is 14.4. The molecule has 1 saturated heterocycles. The van der Waals surface area contributed by atoms with Crippen LogP contribution in [0.3, 0.4) is 0 Å². The number of hydrogen-bond acceptors (Lipinski definition) is 6. The van der Waals surface area contributed by atoms with Crippen molar-refractivity contribution in [1.82, 2.24) is 25.5 Å². The van der Waals surface area contributed by atoms with E-state index >= 15 is 0 Å². The lowest BCUT2D eigenvalue weighted by Gasteiger charge is -2.27. The van der Waals surface area contributed by atoms with Gasteiger partial charge in [-0.3, -0.25) is 4.79 Å². The molecule has 2 fully saturated rings. The lowest BCUT2D eigenvalue weighted by molar-refractivity contribution is -0.137. The molecule has 2 aliphatic rings. The molecular weight excluding hydrogens is 430 g/mol. The minimum atomic E-state index is -0.378. The molecule has 8 heteroatoms. The first kappa shape index (κ1) is 22.0. The summed E-state index contributed by atoms with van der Waals surface area (Å²) in [5.74, 6) is 0.235. The van der Waals surface area contributed by atoms with E-state index in [9.17, 15) is 9.59 Å². The van der Waals surface area contributed by atoms with Crippen LogP contribution in [0.1, 0.15) is 44.6 Å². The molecule has 1 N–H and O–H groups in total. The second-order valence-electron chi connectivity index (χ2n) is 8.90. The maximum atomic E-state index is 13.1. The molecular formula is C26H27N5O3. The van der Waals surface area contributed by atoms with E-state index in [1.165, 1.54) is 0 Å². The number of allylic oxidation sites excluding steroid dienone is 1. The number of tetrazole rings is 1. The highest BCUT2D eigenvalue weighted by Crippen LogP contribution is 2.53. The molecule has 3 aromatic rings. The standard InChI is InChI=1S/C26H27N5O3/c1-2-34-24(33)15-22-26(13-5-6-14-26)16-23(32)31(22)17-18-9-11-19(12-10-18)20-7-3-4-8-21(20)25-27-29-30-28-25/h3-4,7-12,15H,2,5-6,13-14,16-17H2,1H3,(H,27,28,29,30)/b22-15-. The number of aromatic nitrogens is 4. The van der Waals surface area contributed by atoms with Crippen LogP contribution in [0, 0.1) is 5.41 Å². The normalized spacial score (nSPS) is 18.2. The Labute approximate surface area is 198 Å². The Bertz CT molecular complexity index is 1210. The maximum Gasteiger partial charge on any atom is 0.332 e. The molecule has 1 aromatic heterocycles. The van der Waals surface area contributed by atoms with Gasteiger partial charge in [-0.05, 0) is 41.7 Å². The summed E-state index contributed by atoms with van der Waals surface area (Å²) in [7, 11) is 0. The number of rotatable bonds is 6. The zero-order chi connectivity index (χ0) is 23.5. The molecule has 1 spiro atoms. The molecule has 0 atom stereocenters. The van der Waals surface area contributed by atoms with E-state index in [-0.39, 0.29) is 17.3 Å². The summed E-state index contributed by atoms with van der Waals surface area (Å²) < 4.78 is 5.18. The van der Waals surface area contributed by atoms with Gasteiger partial charge in [0.25, 0.3) is 0 Å². The maximum absolute atomic E-state index is 13.1. The van der Waals surface area contributed by atoms with Crippen LogP contribution in [0.2, 0.25) is 0 Å². The van der Waals surface area contributed by atoms with Crippen molar-refractivity contribution in [1.29, 1.82) is 0 Å². The average Bonchev–Trinajstić information content (AvgIpc) is 3.59. The molecule has 5 rings (SSSR count). The highest BCUT2D eigenvalue weighted by molar-refractivity contribution is 5.89. The van der Waals surface area contributed by atoms with Gasteiger partial charge in [0.1, 0.15) is 0 Å². The van der Waals surface area contributed by atoms with Crippen LogP contribution in [0.25, 0.3) is 22.5 Å². The lowest BCUT2D eigenvalue weighted by atomic mass is 9.82. The number of likely N-dealkylation sites (tertiary alicyclic amines) is 1.